The van der Waals surface area contributed by atoms with E-state index in [0.717, 1.165) is 11.8 Å². The van der Waals surface area contributed by atoms with Crippen LogP contribution in [0.25, 0.3) is 0 Å². The fourth-order valence-electron chi connectivity index (χ4n) is 3.00. The smallest absolute Gasteiger partial charge is 0.0446 e. The third kappa shape index (κ3) is 2.75. The fraction of sp³-hybridized carbons (Fsp3) is 0.625. The van der Waals surface area contributed by atoms with Gasteiger partial charge in [-0.3, -0.25) is 0 Å². The van der Waals surface area contributed by atoms with Crippen molar-refractivity contribution in [3.63, 3.8) is 0 Å². The SMILES string of the molecule is CCCNC1c2c(C)cc(C)cc2CSC1CC. The van der Waals surface area contributed by atoms with Crippen molar-refractivity contribution in [1.29, 1.82) is 0 Å². The molecule has 0 saturated heterocycles. The lowest BCUT2D eigenvalue weighted by atomic mass is 9.90. The topological polar surface area (TPSA) is 12.0 Å². The highest BCUT2D eigenvalue weighted by Crippen LogP contribution is 2.41. The first kappa shape index (κ1) is 14.0. The molecule has 0 fully saturated rings. The Morgan fingerprint density at radius 2 is 2.06 bits per heavy atom. The summed E-state index contributed by atoms with van der Waals surface area (Å²) in [4.78, 5) is 0. The summed E-state index contributed by atoms with van der Waals surface area (Å²) in [5, 5.41) is 4.50. The Bertz CT molecular complexity index is 414. The van der Waals surface area contributed by atoms with Crippen molar-refractivity contribution in [2.45, 2.75) is 57.6 Å². The van der Waals surface area contributed by atoms with Crippen LogP contribution in [0.15, 0.2) is 12.1 Å². The number of thioether (sulfide) groups is 1. The number of hydrogen-bond acceptors (Lipinski definition) is 2. The van der Waals surface area contributed by atoms with Crippen LogP contribution in [0.4, 0.5) is 0 Å². The molecule has 1 heterocycles. The van der Waals surface area contributed by atoms with Crippen molar-refractivity contribution in [3.05, 3.63) is 34.4 Å². The molecule has 0 spiro atoms. The van der Waals surface area contributed by atoms with Gasteiger partial charge in [0.05, 0.1) is 0 Å². The van der Waals surface area contributed by atoms with E-state index in [2.05, 4.69) is 56.9 Å². The maximum Gasteiger partial charge on any atom is 0.0446 e. The molecule has 2 atom stereocenters. The second-order valence-electron chi connectivity index (χ2n) is 5.34. The molecule has 18 heavy (non-hydrogen) atoms. The van der Waals surface area contributed by atoms with Crippen molar-refractivity contribution in [3.8, 4) is 0 Å². The normalized spacial score (nSPS) is 22.9. The summed E-state index contributed by atoms with van der Waals surface area (Å²) in [7, 11) is 0. The number of rotatable bonds is 4. The standard InChI is InChI=1S/C16H25NS/c1-5-7-17-16-14(6-2)18-10-13-9-11(3)8-12(4)15(13)16/h8-9,14,16-17H,5-7,10H2,1-4H3. The minimum atomic E-state index is 0.546. The largest absolute Gasteiger partial charge is 0.309 e. The van der Waals surface area contributed by atoms with Gasteiger partial charge < -0.3 is 5.32 Å². The highest BCUT2D eigenvalue weighted by molar-refractivity contribution is 7.99. The average molecular weight is 263 g/mol. The molecule has 100 valence electrons. The van der Waals surface area contributed by atoms with Gasteiger partial charge in [-0.05, 0) is 49.9 Å². The summed E-state index contributed by atoms with van der Waals surface area (Å²) in [5.41, 5.74) is 6.00. The molecule has 0 aliphatic carbocycles. The lowest BCUT2D eigenvalue weighted by Crippen LogP contribution is -2.34. The van der Waals surface area contributed by atoms with Crippen LogP contribution >= 0.6 is 11.8 Å². The molecule has 0 radical (unpaired) electrons. The zero-order valence-electron chi connectivity index (χ0n) is 12.0. The molecular weight excluding hydrogens is 238 g/mol. The van der Waals surface area contributed by atoms with Crippen molar-refractivity contribution in [1.82, 2.24) is 5.32 Å². The van der Waals surface area contributed by atoms with Gasteiger partial charge in [-0.1, -0.05) is 31.5 Å². The molecular formula is C16H25NS. The van der Waals surface area contributed by atoms with E-state index >= 15 is 0 Å². The van der Waals surface area contributed by atoms with E-state index in [1.54, 1.807) is 11.1 Å². The Morgan fingerprint density at radius 3 is 2.72 bits per heavy atom. The van der Waals surface area contributed by atoms with Gasteiger partial charge in [0.1, 0.15) is 0 Å². The van der Waals surface area contributed by atoms with Gasteiger partial charge in [0.2, 0.25) is 0 Å². The average Bonchev–Trinajstić information content (AvgIpc) is 2.35. The lowest BCUT2D eigenvalue weighted by molar-refractivity contribution is 0.496. The molecule has 2 unspecified atom stereocenters. The molecule has 0 saturated carbocycles. The number of fused-ring (bicyclic) bond motifs is 1. The van der Waals surface area contributed by atoms with Crippen molar-refractivity contribution >= 4 is 11.8 Å². The maximum atomic E-state index is 3.77. The van der Waals surface area contributed by atoms with Crippen LogP contribution in [0.5, 0.6) is 0 Å². The van der Waals surface area contributed by atoms with Crippen LogP contribution < -0.4 is 5.32 Å². The minimum Gasteiger partial charge on any atom is -0.309 e. The highest BCUT2D eigenvalue weighted by atomic mass is 32.2. The van der Waals surface area contributed by atoms with E-state index in [4.69, 9.17) is 0 Å². The summed E-state index contributed by atoms with van der Waals surface area (Å²) >= 11 is 2.12. The van der Waals surface area contributed by atoms with Gasteiger partial charge in [0.15, 0.2) is 0 Å². The molecule has 1 aliphatic heterocycles. The zero-order chi connectivity index (χ0) is 13.1. The molecule has 2 rings (SSSR count). The lowest BCUT2D eigenvalue weighted by Gasteiger charge is -2.35. The first-order chi connectivity index (χ1) is 8.67. The Morgan fingerprint density at radius 1 is 1.28 bits per heavy atom. The molecule has 0 bridgehead atoms. The van der Waals surface area contributed by atoms with Crippen LogP contribution in [-0.4, -0.2) is 11.8 Å². The van der Waals surface area contributed by atoms with Crippen LogP contribution in [0.2, 0.25) is 0 Å². The predicted octanol–water partition coefficient (Wildman–Crippen LogP) is 4.37. The van der Waals surface area contributed by atoms with Crippen molar-refractivity contribution in [2.75, 3.05) is 6.54 Å². The van der Waals surface area contributed by atoms with Gasteiger partial charge in [-0.2, -0.15) is 11.8 Å². The molecule has 0 amide bonds. The molecule has 1 nitrogen and oxygen atoms in total. The second-order valence-corrected chi connectivity index (χ2v) is 6.57. The second kappa shape index (κ2) is 6.12. The van der Waals surface area contributed by atoms with Crippen LogP contribution in [0.3, 0.4) is 0 Å². The third-order valence-corrected chi connectivity index (χ3v) is 5.28. The van der Waals surface area contributed by atoms with Gasteiger partial charge >= 0.3 is 0 Å². The first-order valence-electron chi connectivity index (χ1n) is 7.12. The van der Waals surface area contributed by atoms with E-state index in [9.17, 15) is 0 Å². The van der Waals surface area contributed by atoms with E-state index in [0.29, 0.717) is 6.04 Å². The van der Waals surface area contributed by atoms with E-state index in [1.165, 1.54) is 29.7 Å². The monoisotopic (exact) mass is 263 g/mol. The Balaban J connectivity index is 2.37. The number of nitrogens with one attached hydrogen (secondary N) is 1. The fourth-order valence-corrected chi connectivity index (χ4v) is 4.29. The van der Waals surface area contributed by atoms with Gasteiger partial charge in [0, 0.05) is 17.0 Å². The Labute approximate surface area is 116 Å². The summed E-state index contributed by atoms with van der Waals surface area (Å²) in [6.07, 6.45) is 2.46. The van der Waals surface area contributed by atoms with Gasteiger partial charge in [-0.25, -0.2) is 0 Å². The zero-order valence-corrected chi connectivity index (χ0v) is 12.9. The summed E-state index contributed by atoms with van der Waals surface area (Å²) in [5.74, 6) is 1.18. The number of benzene rings is 1. The maximum absolute atomic E-state index is 3.77. The summed E-state index contributed by atoms with van der Waals surface area (Å²) in [6.45, 7) is 10.2. The van der Waals surface area contributed by atoms with Crippen LogP contribution in [-0.2, 0) is 5.75 Å². The number of hydrogen-bond donors (Lipinski definition) is 1. The summed E-state index contributed by atoms with van der Waals surface area (Å²) in [6, 6.07) is 5.26. The molecule has 0 aromatic heterocycles. The van der Waals surface area contributed by atoms with Crippen molar-refractivity contribution < 1.29 is 0 Å². The molecule has 1 aromatic rings. The quantitative estimate of drug-likeness (QED) is 0.865. The van der Waals surface area contributed by atoms with E-state index in [1.807, 2.05) is 0 Å². The molecule has 1 aromatic carbocycles. The Hall–Kier alpha value is -0.470. The summed E-state index contributed by atoms with van der Waals surface area (Å²) < 4.78 is 0. The predicted molar refractivity (Wildman–Crippen MR) is 82.3 cm³/mol. The highest BCUT2D eigenvalue weighted by Gasteiger charge is 2.29. The third-order valence-electron chi connectivity index (χ3n) is 3.77. The van der Waals surface area contributed by atoms with Crippen LogP contribution in [0.1, 0.15) is 55.0 Å². The molecule has 1 aliphatic rings. The van der Waals surface area contributed by atoms with Gasteiger partial charge in [0.25, 0.3) is 0 Å². The Kier molecular flexibility index (Phi) is 4.74. The van der Waals surface area contributed by atoms with Crippen LogP contribution in [0, 0.1) is 13.8 Å². The van der Waals surface area contributed by atoms with E-state index < -0.39 is 0 Å². The molecule has 2 heteroatoms. The molecule has 1 N–H and O–H groups in total. The number of aryl methyl sites for hydroxylation is 2. The minimum absolute atomic E-state index is 0.546. The van der Waals surface area contributed by atoms with E-state index in [-0.39, 0.29) is 0 Å². The van der Waals surface area contributed by atoms with Crippen molar-refractivity contribution in [2.24, 2.45) is 0 Å². The van der Waals surface area contributed by atoms with Gasteiger partial charge in [-0.15, -0.1) is 0 Å². The first-order valence-corrected chi connectivity index (χ1v) is 8.17.